The molecule has 1 N–H and O–H groups in total. The summed E-state index contributed by atoms with van der Waals surface area (Å²) in [5, 5.41) is 11.2. The Balaban J connectivity index is 1.31. The van der Waals surface area contributed by atoms with Crippen LogP contribution in [-0.4, -0.2) is 117 Å². The lowest BCUT2D eigenvalue weighted by Gasteiger charge is -2.37. The maximum Gasteiger partial charge on any atom is 0.253 e. The summed E-state index contributed by atoms with van der Waals surface area (Å²) < 4.78 is 17.2. The highest BCUT2D eigenvalue weighted by Gasteiger charge is 2.27. The molecule has 9 heteroatoms. The average Bonchev–Trinajstić information content (AvgIpc) is 2.91. The van der Waals surface area contributed by atoms with Gasteiger partial charge in [-0.2, -0.15) is 0 Å². The van der Waals surface area contributed by atoms with Gasteiger partial charge in [0.1, 0.15) is 18.5 Å². The van der Waals surface area contributed by atoms with Gasteiger partial charge in [0, 0.05) is 62.9 Å². The van der Waals surface area contributed by atoms with Gasteiger partial charge in [-0.3, -0.25) is 14.6 Å². The Kier molecular flexibility index (Phi) is 10.6. The summed E-state index contributed by atoms with van der Waals surface area (Å²) in [6, 6.07) is 14.8. The molecule has 37 heavy (non-hydrogen) atoms. The van der Waals surface area contributed by atoms with Crippen LogP contribution in [0.25, 0.3) is 0 Å². The zero-order chi connectivity index (χ0) is 26.0. The maximum absolute atomic E-state index is 13.5. The molecule has 2 aromatic carbocycles. The molecule has 4 rings (SSSR count). The van der Waals surface area contributed by atoms with E-state index >= 15 is 0 Å². The molecule has 0 aromatic heterocycles. The topological polar surface area (TPSA) is 74.7 Å². The number of hydrogen-bond donors (Lipinski definition) is 1. The van der Waals surface area contributed by atoms with Crippen LogP contribution in [0.3, 0.4) is 0 Å². The Morgan fingerprint density at radius 3 is 2.51 bits per heavy atom. The minimum absolute atomic E-state index is 0.0189. The second-order valence-corrected chi connectivity index (χ2v) is 10.2. The second-order valence-electron chi connectivity index (χ2n) is 9.74. The van der Waals surface area contributed by atoms with Crippen LogP contribution in [0.1, 0.15) is 15.9 Å². The Morgan fingerprint density at radius 2 is 1.78 bits per heavy atom. The van der Waals surface area contributed by atoms with E-state index in [0.29, 0.717) is 49.1 Å². The molecule has 0 unspecified atom stereocenters. The summed E-state index contributed by atoms with van der Waals surface area (Å²) in [5.74, 6) is 0.694. The molecular weight excluding hydrogens is 494 g/mol. The molecule has 2 saturated heterocycles. The minimum Gasteiger partial charge on any atom is -0.491 e. The summed E-state index contributed by atoms with van der Waals surface area (Å²) in [4.78, 5) is 19.9. The third kappa shape index (κ3) is 8.95. The SMILES string of the molecule is Cc1ccc(C(=O)N(CCN2CCOCC2)C[C@H]2CN(C[C@@H](O)COc3ccc(Cl)cc3)CCO2)cc1. The zero-order valence-electron chi connectivity index (χ0n) is 21.6. The standard InChI is InChI=1S/C28H38ClN3O5/c1-22-2-4-23(5-3-22)28(34)32(11-10-30-12-15-35-16-13-30)20-27-19-31(14-17-36-27)18-25(33)21-37-26-8-6-24(29)7-9-26/h2-9,25,27,33H,10-21H2,1H3/t25-,27-/m1/s1. The number of ether oxygens (including phenoxy) is 3. The van der Waals surface area contributed by atoms with Gasteiger partial charge in [-0.05, 0) is 43.3 Å². The van der Waals surface area contributed by atoms with Gasteiger partial charge >= 0.3 is 0 Å². The van der Waals surface area contributed by atoms with E-state index in [4.69, 9.17) is 25.8 Å². The van der Waals surface area contributed by atoms with E-state index in [1.165, 1.54) is 0 Å². The first-order chi connectivity index (χ1) is 18.0. The molecule has 1 amide bonds. The summed E-state index contributed by atoms with van der Waals surface area (Å²) in [7, 11) is 0. The van der Waals surface area contributed by atoms with Gasteiger partial charge < -0.3 is 24.2 Å². The van der Waals surface area contributed by atoms with Gasteiger partial charge in [0.25, 0.3) is 5.91 Å². The second kappa shape index (κ2) is 14.1. The number of rotatable bonds is 11. The number of aryl methyl sites for hydroxylation is 1. The van der Waals surface area contributed by atoms with Gasteiger partial charge in [-0.25, -0.2) is 0 Å². The van der Waals surface area contributed by atoms with Gasteiger partial charge in [-0.1, -0.05) is 29.3 Å². The fourth-order valence-corrected chi connectivity index (χ4v) is 4.74. The van der Waals surface area contributed by atoms with E-state index in [2.05, 4.69) is 9.80 Å². The lowest BCUT2D eigenvalue weighted by atomic mass is 10.1. The average molecular weight is 532 g/mol. The summed E-state index contributed by atoms with van der Waals surface area (Å²) in [5.41, 5.74) is 1.82. The van der Waals surface area contributed by atoms with Crippen molar-refractivity contribution in [2.75, 3.05) is 78.8 Å². The molecule has 202 valence electrons. The van der Waals surface area contributed by atoms with Gasteiger partial charge in [0.15, 0.2) is 0 Å². The number of carbonyl (C=O) groups excluding carboxylic acids is 1. The van der Waals surface area contributed by atoms with Crippen LogP contribution in [-0.2, 0) is 9.47 Å². The number of aliphatic hydroxyl groups excluding tert-OH is 1. The van der Waals surface area contributed by atoms with Crippen molar-refractivity contribution in [3.63, 3.8) is 0 Å². The number of morpholine rings is 2. The molecule has 0 aliphatic carbocycles. The predicted octanol–water partition coefficient (Wildman–Crippen LogP) is 2.56. The largest absolute Gasteiger partial charge is 0.491 e. The molecule has 0 radical (unpaired) electrons. The number of halogens is 1. The molecular formula is C28H38ClN3O5. The third-order valence-corrected chi connectivity index (χ3v) is 7.00. The van der Waals surface area contributed by atoms with Crippen LogP contribution in [0, 0.1) is 6.92 Å². The molecule has 2 fully saturated rings. The number of benzene rings is 2. The van der Waals surface area contributed by atoms with Crippen molar-refractivity contribution in [2.45, 2.75) is 19.1 Å². The molecule has 2 aromatic rings. The smallest absolute Gasteiger partial charge is 0.253 e. The highest BCUT2D eigenvalue weighted by atomic mass is 35.5. The van der Waals surface area contributed by atoms with Crippen molar-refractivity contribution >= 4 is 17.5 Å². The Bertz CT molecular complexity index is 969. The van der Waals surface area contributed by atoms with Crippen molar-refractivity contribution in [3.05, 3.63) is 64.7 Å². The quantitative estimate of drug-likeness (QED) is 0.477. The molecule has 8 nitrogen and oxygen atoms in total. The van der Waals surface area contributed by atoms with E-state index in [9.17, 15) is 9.90 Å². The van der Waals surface area contributed by atoms with Crippen molar-refractivity contribution in [3.8, 4) is 5.75 Å². The first kappa shape index (κ1) is 27.8. The zero-order valence-corrected chi connectivity index (χ0v) is 22.3. The van der Waals surface area contributed by atoms with E-state index < -0.39 is 6.10 Å². The Morgan fingerprint density at radius 1 is 1.08 bits per heavy atom. The lowest BCUT2D eigenvalue weighted by molar-refractivity contribution is -0.0545. The molecule has 2 atom stereocenters. The number of nitrogens with zero attached hydrogens (tertiary/aromatic N) is 3. The van der Waals surface area contributed by atoms with Crippen molar-refractivity contribution in [1.29, 1.82) is 0 Å². The van der Waals surface area contributed by atoms with Gasteiger partial charge in [0.2, 0.25) is 0 Å². The number of hydrogen-bond acceptors (Lipinski definition) is 7. The number of amides is 1. The fourth-order valence-electron chi connectivity index (χ4n) is 4.62. The van der Waals surface area contributed by atoms with Crippen molar-refractivity contribution in [1.82, 2.24) is 14.7 Å². The lowest BCUT2D eigenvalue weighted by Crippen LogP contribution is -2.52. The molecule has 2 aliphatic rings. The minimum atomic E-state index is -0.638. The first-order valence-electron chi connectivity index (χ1n) is 13.0. The normalized spacial score (nSPS) is 19.9. The van der Waals surface area contributed by atoms with Crippen LogP contribution in [0.5, 0.6) is 5.75 Å². The van der Waals surface area contributed by atoms with Gasteiger partial charge in [0.05, 0.1) is 25.9 Å². The number of aliphatic hydroxyl groups is 1. The van der Waals surface area contributed by atoms with Crippen molar-refractivity contribution < 1.29 is 24.1 Å². The predicted molar refractivity (Wildman–Crippen MR) is 143 cm³/mol. The fraction of sp³-hybridized carbons (Fsp3) is 0.536. The molecule has 2 aliphatic heterocycles. The number of carbonyl (C=O) groups is 1. The summed E-state index contributed by atoms with van der Waals surface area (Å²) >= 11 is 5.92. The highest BCUT2D eigenvalue weighted by Crippen LogP contribution is 2.16. The van der Waals surface area contributed by atoms with E-state index in [0.717, 1.165) is 45.0 Å². The Hall–Kier alpha value is -2.20. The molecule has 0 spiro atoms. The van der Waals surface area contributed by atoms with E-state index in [1.807, 2.05) is 36.1 Å². The van der Waals surface area contributed by atoms with Crippen LogP contribution < -0.4 is 4.74 Å². The van der Waals surface area contributed by atoms with Gasteiger partial charge in [-0.15, -0.1) is 0 Å². The molecule has 0 saturated carbocycles. The van der Waals surface area contributed by atoms with Crippen LogP contribution in [0.15, 0.2) is 48.5 Å². The van der Waals surface area contributed by atoms with Crippen LogP contribution >= 0.6 is 11.6 Å². The first-order valence-corrected chi connectivity index (χ1v) is 13.4. The number of β-amino-alcohol motifs (C(OH)–C–C–N with tert-alkyl or cyclic N) is 1. The molecule has 0 bridgehead atoms. The Labute approximate surface area is 224 Å². The molecule has 2 heterocycles. The monoisotopic (exact) mass is 531 g/mol. The van der Waals surface area contributed by atoms with E-state index in [1.54, 1.807) is 24.3 Å². The highest BCUT2D eigenvalue weighted by molar-refractivity contribution is 6.30. The maximum atomic E-state index is 13.5. The van der Waals surface area contributed by atoms with Crippen LogP contribution in [0.2, 0.25) is 5.02 Å². The van der Waals surface area contributed by atoms with Crippen LogP contribution in [0.4, 0.5) is 0 Å². The van der Waals surface area contributed by atoms with Crippen molar-refractivity contribution in [2.24, 2.45) is 0 Å². The third-order valence-electron chi connectivity index (χ3n) is 6.75. The summed E-state index contributed by atoms with van der Waals surface area (Å²) in [6.07, 6.45) is -0.765. The van der Waals surface area contributed by atoms with E-state index in [-0.39, 0.29) is 18.6 Å². The summed E-state index contributed by atoms with van der Waals surface area (Å²) in [6.45, 7) is 9.80.